The highest BCUT2D eigenvalue weighted by atomic mass is 32.2. The maximum Gasteiger partial charge on any atom is 0.408 e. The molecule has 5 N–H and O–H groups in total. The number of hydrogen-bond donors (Lipinski definition) is 5. The van der Waals surface area contributed by atoms with Crippen LogP contribution in [0.4, 0.5) is 4.79 Å². The van der Waals surface area contributed by atoms with E-state index in [1.807, 2.05) is 41.5 Å². The van der Waals surface area contributed by atoms with E-state index in [0.29, 0.717) is 13.0 Å². The van der Waals surface area contributed by atoms with Crippen molar-refractivity contribution in [2.45, 2.75) is 99.1 Å². The van der Waals surface area contributed by atoms with Crippen molar-refractivity contribution in [3.8, 4) is 0 Å². The second kappa shape index (κ2) is 17.9. The summed E-state index contributed by atoms with van der Waals surface area (Å²) in [4.78, 5) is 55.2. The van der Waals surface area contributed by atoms with Crippen LogP contribution in [-0.2, 0) is 35.6 Å². The normalized spacial score (nSPS) is 15.3. The van der Waals surface area contributed by atoms with Crippen molar-refractivity contribution in [2.24, 2.45) is 23.7 Å². The molecule has 1 aromatic heterocycles. The van der Waals surface area contributed by atoms with E-state index in [1.54, 1.807) is 13.8 Å². The van der Waals surface area contributed by atoms with Crippen molar-refractivity contribution in [3.05, 3.63) is 11.7 Å². The highest BCUT2D eigenvalue weighted by molar-refractivity contribution is 7.90. The quantitative estimate of drug-likeness (QED) is 0.150. The molecule has 0 aliphatic rings. The smallest absolute Gasteiger partial charge is 0.408 e. The second-order valence-electron chi connectivity index (χ2n) is 12.4. The molecule has 5 atom stereocenters. The Balaban J connectivity index is 2.95. The van der Waals surface area contributed by atoms with Gasteiger partial charge in [-0.15, -0.1) is 0 Å². The predicted molar refractivity (Wildman–Crippen MR) is 162 cm³/mol. The van der Waals surface area contributed by atoms with Gasteiger partial charge in [0.15, 0.2) is 6.61 Å². The first-order valence-corrected chi connectivity index (χ1v) is 16.8. The van der Waals surface area contributed by atoms with Crippen LogP contribution in [0, 0.1) is 30.6 Å². The standard InChI is InChI=1S/C28H50N6O9S/c1-15(2)10-20(22(35)11-18(7)25(36)33-24(17(5)6)27(38)29-12-16(3)4)31-26(37)21(14-44(9,40)41)32-28(39)42-13-23-30-19(8)43-34-23/h15-18,20-22,24,35H,10-14H2,1-9H3,(H,29,38)(H,31,37)(H,32,39)(H,33,36)/t18-,20+,21+,22+,24+/m1/s1. The lowest BCUT2D eigenvalue weighted by Crippen LogP contribution is -2.55. The van der Waals surface area contributed by atoms with Crippen LogP contribution in [0.25, 0.3) is 0 Å². The summed E-state index contributed by atoms with van der Waals surface area (Å²) in [5.41, 5.74) is 0. The minimum absolute atomic E-state index is 0.00115. The van der Waals surface area contributed by atoms with Gasteiger partial charge in [0.25, 0.3) is 0 Å². The largest absolute Gasteiger partial charge is 0.441 e. The Labute approximate surface area is 259 Å². The average molecular weight is 647 g/mol. The van der Waals surface area contributed by atoms with Gasteiger partial charge in [0, 0.05) is 25.6 Å². The summed E-state index contributed by atoms with van der Waals surface area (Å²) in [6, 6.07) is -3.18. The van der Waals surface area contributed by atoms with Crippen molar-refractivity contribution in [3.63, 3.8) is 0 Å². The van der Waals surface area contributed by atoms with Gasteiger partial charge in [-0.1, -0.05) is 53.6 Å². The van der Waals surface area contributed by atoms with Crippen LogP contribution in [0.15, 0.2) is 4.52 Å². The number of aliphatic hydroxyl groups excluding tert-OH is 1. The van der Waals surface area contributed by atoms with Gasteiger partial charge in [-0.2, -0.15) is 4.98 Å². The summed E-state index contributed by atoms with van der Waals surface area (Å²) >= 11 is 0. The fourth-order valence-electron chi connectivity index (χ4n) is 4.18. The molecule has 0 bridgehead atoms. The van der Waals surface area contributed by atoms with Crippen LogP contribution >= 0.6 is 0 Å². The molecule has 0 fully saturated rings. The number of aromatic nitrogens is 2. The molecule has 44 heavy (non-hydrogen) atoms. The molecule has 0 aliphatic carbocycles. The van der Waals surface area contributed by atoms with E-state index in [4.69, 9.17) is 9.26 Å². The summed E-state index contributed by atoms with van der Waals surface area (Å²) in [5.74, 6) is -2.66. The monoisotopic (exact) mass is 646 g/mol. The number of amides is 4. The van der Waals surface area contributed by atoms with Gasteiger partial charge < -0.3 is 35.6 Å². The maximum absolute atomic E-state index is 13.2. The lowest BCUT2D eigenvalue weighted by atomic mass is 9.91. The lowest BCUT2D eigenvalue weighted by Gasteiger charge is -2.30. The Hall–Kier alpha value is -3.27. The van der Waals surface area contributed by atoms with Gasteiger partial charge in [0.2, 0.25) is 29.4 Å². The van der Waals surface area contributed by atoms with Crippen LogP contribution in [-0.4, -0.2) is 90.3 Å². The molecule has 0 unspecified atom stereocenters. The van der Waals surface area contributed by atoms with Crippen LogP contribution < -0.4 is 21.3 Å². The van der Waals surface area contributed by atoms with Gasteiger partial charge in [-0.25, -0.2) is 13.2 Å². The molecule has 15 nitrogen and oxygen atoms in total. The molecule has 252 valence electrons. The number of nitrogens with zero attached hydrogens (tertiary/aromatic N) is 2. The molecule has 0 saturated heterocycles. The average Bonchev–Trinajstić information content (AvgIpc) is 3.31. The second-order valence-corrected chi connectivity index (χ2v) is 14.6. The van der Waals surface area contributed by atoms with Crippen molar-refractivity contribution in [2.75, 3.05) is 18.6 Å². The van der Waals surface area contributed by atoms with E-state index in [-0.39, 0.29) is 48.4 Å². The molecule has 1 rings (SSSR count). The number of aryl methyl sites for hydroxylation is 1. The molecule has 0 radical (unpaired) electrons. The minimum Gasteiger partial charge on any atom is -0.441 e. The molecule has 1 heterocycles. The Bertz CT molecular complexity index is 1200. The van der Waals surface area contributed by atoms with Crippen molar-refractivity contribution < 1.29 is 42.0 Å². The summed E-state index contributed by atoms with van der Waals surface area (Å²) in [6.45, 7) is 14.5. The zero-order chi connectivity index (χ0) is 33.8. The summed E-state index contributed by atoms with van der Waals surface area (Å²) < 4.78 is 33.9. The van der Waals surface area contributed by atoms with Crippen molar-refractivity contribution >= 4 is 33.7 Å². The minimum atomic E-state index is -3.74. The third-order valence-electron chi connectivity index (χ3n) is 6.47. The van der Waals surface area contributed by atoms with Gasteiger partial charge in [0.05, 0.1) is 17.9 Å². The summed E-state index contributed by atoms with van der Waals surface area (Å²) in [6.07, 6.45) is -1.14. The Morgan fingerprint density at radius 2 is 1.55 bits per heavy atom. The highest BCUT2D eigenvalue weighted by Gasteiger charge is 2.33. The molecule has 0 aromatic carbocycles. The number of hydrogen-bond acceptors (Lipinski definition) is 11. The van der Waals surface area contributed by atoms with Gasteiger partial charge in [0.1, 0.15) is 21.9 Å². The number of rotatable bonds is 18. The van der Waals surface area contributed by atoms with Gasteiger partial charge in [-0.3, -0.25) is 14.4 Å². The number of alkyl carbamates (subject to hydrolysis) is 1. The fraction of sp³-hybridized carbons (Fsp3) is 0.786. The number of carbonyl (C=O) groups is 4. The Kier molecular flexibility index (Phi) is 15.7. The van der Waals surface area contributed by atoms with E-state index >= 15 is 0 Å². The molecule has 1 aromatic rings. The molecule has 0 spiro atoms. The maximum atomic E-state index is 13.2. The molecule has 4 amide bonds. The number of nitrogens with one attached hydrogen (secondary N) is 4. The van der Waals surface area contributed by atoms with E-state index < -0.39 is 63.6 Å². The molecular formula is C28H50N6O9S. The van der Waals surface area contributed by atoms with Gasteiger partial charge >= 0.3 is 6.09 Å². The van der Waals surface area contributed by atoms with E-state index in [2.05, 4.69) is 31.4 Å². The number of aliphatic hydroxyl groups is 1. The van der Waals surface area contributed by atoms with Crippen LogP contribution in [0.3, 0.4) is 0 Å². The molecule has 0 saturated carbocycles. The first kappa shape index (κ1) is 38.8. The first-order chi connectivity index (χ1) is 20.3. The third-order valence-corrected chi connectivity index (χ3v) is 7.41. The third kappa shape index (κ3) is 14.9. The number of sulfone groups is 1. The lowest BCUT2D eigenvalue weighted by molar-refractivity contribution is -0.132. The Morgan fingerprint density at radius 1 is 0.909 bits per heavy atom. The number of ether oxygens (including phenoxy) is 1. The zero-order valence-electron chi connectivity index (χ0n) is 27.2. The van der Waals surface area contributed by atoms with E-state index in [9.17, 15) is 32.7 Å². The van der Waals surface area contributed by atoms with E-state index in [1.165, 1.54) is 0 Å². The van der Waals surface area contributed by atoms with E-state index in [0.717, 1.165) is 6.26 Å². The van der Waals surface area contributed by atoms with Crippen molar-refractivity contribution in [1.82, 2.24) is 31.4 Å². The first-order valence-electron chi connectivity index (χ1n) is 14.8. The van der Waals surface area contributed by atoms with Crippen LogP contribution in [0.5, 0.6) is 0 Å². The summed E-state index contributed by atoms with van der Waals surface area (Å²) in [5, 5.41) is 25.2. The van der Waals surface area contributed by atoms with Crippen molar-refractivity contribution in [1.29, 1.82) is 0 Å². The molecule has 16 heteroatoms. The fourth-order valence-corrected chi connectivity index (χ4v) is 5.02. The number of carbonyl (C=O) groups excluding carboxylic acids is 4. The molecule has 0 aliphatic heterocycles. The zero-order valence-corrected chi connectivity index (χ0v) is 28.0. The predicted octanol–water partition coefficient (Wildman–Crippen LogP) is 0.848. The van der Waals surface area contributed by atoms with Gasteiger partial charge in [-0.05, 0) is 30.6 Å². The van der Waals surface area contributed by atoms with Crippen LogP contribution in [0.2, 0.25) is 0 Å². The van der Waals surface area contributed by atoms with Crippen LogP contribution in [0.1, 0.15) is 73.0 Å². The Morgan fingerprint density at radius 3 is 2.05 bits per heavy atom. The molecular weight excluding hydrogens is 596 g/mol. The summed E-state index contributed by atoms with van der Waals surface area (Å²) in [7, 11) is -3.74. The SMILES string of the molecule is Cc1nc(COC(=O)N[C@@H](CS(C)(=O)=O)C(=O)N[C@@H](CC(C)C)[C@@H](O)C[C@@H](C)C(=O)N[C@H](C(=O)NCC(C)C)C(C)C)no1. The topological polar surface area (TPSA) is 219 Å². The highest BCUT2D eigenvalue weighted by Crippen LogP contribution is 2.17.